The lowest BCUT2D eigenvalue weighted by Crippen LogP contribution is -2.48. The van der Waals surface area contributed by atoms with Crippen molar-refractivity contribution in [2.24, 2.45) is 0 Å². The Kier molecular flexibility index (Phi) is 6.51. The molecule has 2 amide bonds. The molecule has 0 saturated carbocycles. The number of rotatable bonds is 8. The van der Waals surface area contributed by atoms with E-state index in [0.717, 1.165) is 0 Å². The number of hydrogen-bond donors (Lipinski definition) is 4. The summed E-state index contributed by atoms with van der Waals surface area (Å²) in [5, 5.41) is 14.0. The molecule has 0 aliphatic carbocycles. The van der Waals surface area contributed by atoms with Crippen LogP contribution in [0.5, 0.6) is 0 Å². The average molecular weight is 284 g/mol. The summed E-state index contributed by atoms with van der Waals surface area (Å²) in [4.78, 5) is 29.3. The highest BCUT2D eigenvalue weighted by molar-refractivity contribution is 5.82. The van der Waals surface area contributed by atoms with Gasteiger partial charge in [0.2, 0.25) is 0 Å². The highest BCUT2D eigenvalue weighted by Gasteiger charge is 2.21. The van der Waals surface area contributed by atoms with Crippen LogP contribution in [-0.4, -0.2) is 52.4 Å². The molecule has 2 unspecified atom stereocenters. The number of H-pyrrole nitrogens is 1. The van der Waals surface area contributed by atoms with Gasteiger partial charge in [0, 0.05) is 31.5 Å². The van der Waals surface area contributed by atoms with Gasteiger partial charge >= 0.3 is 12.0 Å². The number of carbonyl (C=O) groups is 2. The second-order valence-corrected chi connectivity index (χ2v) is 4.29. The molecular formula is C12H20N4O4. The number of amides is 2. The molecule has 0 bridgehead atoms. The van der Waals surface area contributed by atoms with Crippen molar-refractivity contribution in [1.82, 2.24) is 20.6 Å². The normalized spacial score (nSPS) is 13.5. The predicted molar refractivity (Wildman–Crippen MR) is 71.3 cm³/mol. The smallest absolute Gasteiger partial charge is 0.326 e. The molecule has 0 aromatic carbocycles. The molecule has 8 nitrogen and oxygen atoms in total. The number of aromatic nitrogens is 2. The van der Waals surface area contributed by atoms with Gasteiger partial charge in [-0.05, 0) is 13.8 Å². The van der Waals surface area contributed by atoms with Crippen LogP contribution < -0.4 is 10.6 Å². The van der Waals surface area contributed by atoms with Crippen molar-refractivity contribution in [1.29, 1.82) is 0 Å². The van der Waals surface area contributed by atoms with Crippen LogP contribution in [0.1, 0.15) is 19.5 Å². The van der Waals surface area contributed by atoms with Crippen LogP contribution in [0.4, 0.5) is 4.79 Å². The molecule has 0 saturated heterocycles. The summed E-state index contributed by atoms with van der Waals surface area (Å²) < 4.78 is 5.26. The van der Waals surface area contributed by atoms with Gasteiger partial charge < -0.3 is 25.5 Å². The molecule has 20 heavy (non-hydrogen) atoms. The molecular weight excluding hydrogens is 264 g/mol. The molecule has 0 spiro atoms. The molecule has 112 valence electrons. The van der Waals surface area contributed by atoms with Gasteiger partial charge in [0.05, 0.1) is 12.4 Å². The van der Waals surface area contributed by atoms with Crippen molar-refractivity contribution in [3.8, 4) is 0 Å². The Morgan fingerprint density at radius 1 is 1.55 bits per heavy atom. The van der Waals surface area contributed by atoms with Crippen molar-refractivity contribution in [2.45, 2.75) is 32.4 Å². The second kappa shape index (κ2) is 8.16. The van der Waals surface area contributed by atoms with Crippen LogP contribution in [0, 0.1) is 0 Å². The third-order valence-corrected chi connectivity index (χ3v) is 2.58. The monoisotopic (exact) mass is 284 g/mol. The summed E-state index contributed by atoms with van der Waals surface area (Å²) >= 11 is 0. The molecule has 1 aromatic heterocycles. The lowest BCUT2D eigenvalue weighted by atomic mass is 10.2. The maximum Gasteiger partial charge on any atom is 0.326 e. The number of aliphatic carboxylic acids is 1. The first kappa shape index (κ1) is 16.0. The number of ether oxygens (including phenoxy) is 1. The Bertz CT molecular complexity index is 421. The predicted octanol–water partition coefficient (Wildman–Crippen LogP) is 0.130. The molecule has 4 N–H and O–H groups in total. The zero-order valence-corrected chi connectivity index (χ0v) is 11.5. The highest BCUT2D eigenvalue weighted by atomic mass is 16.5. The molecule has 8 heteroatoms. The van der Waals surface area contributed by atoms with Gasteiger partial charge in [0.1, 0.15) is 6.04 Å². The summed E-state index contributed by atoms with van der Waals surface area (Å²) in [6.45, 7) is 4.56. The standard InChI is InChI=1S/C12H20N4O4/c1-3-20-8(2)5-14-12(19)16-10(11(17)18)4-9-6-13-7-15-9/h6-8,10H,3-5H2,1-2H3,(H,13,15)(H,17,18)(H2,14,16,19). The Labute approximate surface area is 116 Å². The minimum atomic E-state index is -1.10. The number of carboxylic acids is 1. The second-order valence-electron chi connectivity index (χ2n) is 4.29. The maximum atomic E-state index is 11.6. The Morgan fingerprint density at radius 2 is 2.30 bits per heavy atom. The van der Waals surface area contributed by atoms with Crippen LogP contribution in [0.2, 0.25) is 0 Å². The first-order valence-corrected chi connectivity index (χ1v) is 6.39. The van der Waals surface area contributed by atoms with E-state index in [9.17, 15) is 9.59 Å². The number of hydrogen-bond acceptors (Lipinski definition) is 4. The zero-order valence-electron chi connectivity index (χ0n) is 11.5. The number of nitrogens with zero attached hydrogens (tertiary/aromatic N) is 1. The Morgan fingerprint density at radius 3 is 2.85 bits per heavy atom. The van der Waals surface area contributed by atoms with Gasteiger partial charge in [-0.25, -0.2) is 14.6 Å². The van der Waals surface area contributed by atoms with Gasteiger partial charge in [-0.15, -0.1) is 0 Å². The number of aromatic amines is 1. The van der Waals surface area contributed by atoms with Crippen LogP contribution in [0.3, 0.4) is 0 Å². The van der Waals surface area contributed by atoms with E-state index in [-0.39, 0.29) is 12.5 Å². The van der Waals surface area contributed by atoms with Crippen LogP contribution in [0.15, 0.2) is 12.5 Å². The number of urea groups is 1. The van der Waals surface area contributed by atoms with Gasteiger partial charge in [-0.2, -0.15) is 0 Å². The van der Waals surface area contributed by atoms with E-state index < -0.39 is 18.0 Å². The maximum absolute atomic E-state index is 11.6. The van der Waals surface area contributed by atoms with Gasteiger partial charge in [0.15, 0.2) is 0 Å². The van der Waals surface area contributed by atoms with Crippen LogP contribution in [-0.2, 0) is 16.0 Å². The third kappa shape index (κ3) is 5.70. The molecule has 0 aliphatic rings. The van der Waals surface area contributed by atoms with E-state index in [1.54, 1.807) is 0 Å². The van der Waals surface area contributed by atoms with Crippen molar-refractivity contribution in [3.63, 3.8) is 0 Å². The van der Waals surface area contributed by atoms with Crippen LogP contribution >= 0.6 is 0 Å². The van der Waals surface area contributed by atoms with Gasteiger partial charge in [0.25, 0.3) is 0 Å². The van der Waals surface area contributed by atoms with Crippen molar-refractivity contribution >= 4 is 12.0 Å². The lowest BCUT2D eigenvalue weighted by molar-refractivity contribution is -0.139. The molecule has 0 aliphatic heterocycles. The summed E-state index contributed by atoms with van der Waals surface area (Å²) in [6.07, 6.45) is 3.00. The number of nitrogens with one attached hydrogen (secondary N) is 3. The van der Waals surface area contributed by atoms with E-state index >= 15 is 0 Å². The molecule has 1 rings (SSSR count). The minimum Gasteiger partial charge on any atom is -0.480 e. The molecule has 0 radical (unpaired) electrons. The number of carbonyl (C=O) groups excluding carboxylic acids is 1. The van der Waals surface area contributed by atoms with Crippen LogP contribution in [0.25, 0.3) is 0 Å². The van der Waals surface area contributed by atoms with E-state index in [4.69, 9.17) is 9.84 Å². The fourth-order valence-corrected chi connectivity index (χ4v) is 1.61. The van der Waals surface area contributed by atoms with Gasteiger partial charge in [-0.3, -0.25) is 0 Å². The highest BCUT2D eigenvalue weighted by Crippen LogP contribution is 1.98. The van der Waals surface area contributed by atoms with Crippen molar-refractivity contribution in [3.05, 3.63) is 18.2 Å². The molecule has 0 fully saturated rings. The lowest BCUT2D eigenvalue weighted by Gasteiger charge is -2.16. The SMILES string of the molecule is CCOC(C)CNC(=O)NC(Cc1cnc[nH]1)C(=O)O. The van der Waals surface area contributed by atoms with Crippen molar-refractivity contribution < 1.29 is 19.4 Å². The first-order chi connectivity index (χ1) is 9.52. The topological polar surface area (TPSA) is 116 Å². The van der Waals surface area contributed by atoms with E-state index in [1.165, 1.54) is 12.5 Å². The molecule has 2 atom stereocenters. The van der Waals surface area contributed by atoms with E-state index in [0.29, 0.717) is 18.8 Å². The summed E-state index contributed by atoms with van der Waals surface area (Å²) in [5.41, 5.74) is 0.639. The molecule has 1 aromatic rings. The van der Waals surface area contributed by atoms with Crippen molar-refractivity contribution in [2.75, 3.05) is 13.2 Å². The Balaban J connectivity index is 2.41. The molecule has 1 heterocycles. The van der Waals surface area contributed by atoms with E-state index in [1.807, 2.05) is 13.8 Å². The fourth-order valence-electron chi connectivity index (χ4n) is 1.61. The summed E-state index contributed by atoms with van der Waals surface area (Å²) in [6, 6.07) is -1.55. The minimum absolute atomic E-state index is 0.123. The summed E-state index contributed by atoms with van der Waals surface area (Å²) in [7, 11) is 0. The Hall–Kier alpha value is -2.09. The van der Waals surface area contributed by atoms with Gasteiger partial charge in [-0.1, -0.05) is 0 Å². The summed E-state index contributed by atoms with van der Waals surface area (Å²) in [5.74, 6) is -1.10. The first-order valence-electron chi connectivity index (χ1n) is 6.39. The largest absolute Gasteiger partial charge is 0.480 e. The quantitative estimate of drug-likeness (QED) is 0.541. The third-order valence-electron chi connectivity index (χ3n) is 2.58. The number of imidazole rings is 1. The fraction of sp³-hybridized carbons (Fsp3) is 0.583. The average Bonchev–Trinajstić information content (AvgIpc) is 2.89. The number of carboxylic acid groups (broad SMARTS) is 1. The zero-order chi connectivity index (χ0) is 15.0. The van der Waals surface area contributed by atoms with E-state index in [2.05, 4.69) is 20.6 Å².